The van der Waals surface area contributed by atoms with E-state index in [0.29, 0.717) is 11.3 Å². The van der Waals surface area contributed by atoms with Crippen LogP contribution in [0.25, 0.3) is 0 Å². The second-order valence-electron chi connectivity index (χ2n) is 4.42. The maximum atomic E-state index is 10.9. The Kier molecular flexibility index (Phi) is 2.81. The van der Waals surface area contributed by atoms with Crippen LogP contribution in [0.2, 0.25) is 0 Å². The maximum absolute atomic E-state index is 10.9. The fourth-order valence-corrected chi connectivity index (χ4v) is 1.74. The Morgan fingerprint density at radius 3 is 2.62 bits per heavy atom. The van der Waals surface area contributed by atoms with Crippen molar-refractivity contribution in [1.29, 1.82) is 0 Å². The number of nitro groups is 1. The standard InChI is InChI=1S/C12H15NO3/c1-8(2)12-10(13(14)15)4-3-5-11(12)16-9-6-7-9/h3-5,8-9H,6-7H2,1-2H3. The van der Waals surface area contributed by atoms with Crippen LogP contribution >= 0.6 is 0 Å². The van der Waals surface area contributed by atoms with Crippen molar-refractivity contribution in [3.8, 4) is 5.75 Å². The van der Waals surface area contributed by atoms with E-state index < -0.39 is 0 Å². The van der Waals surface area contributed by atoms with Crippen LogP contribution in [0.3, 0.4) is 0 Å². The van der Waals surface area contributed by atoms with Crippen molar-refractivity contribution in [3.63, 3.8) is 0 Å². The first-order valence-corrected chi connectivity index (χ1v) is 5.53. The van der Waals surface area contributed by atoms with Gasteiger partial charge in [-0.3, -0.25) is 10.1 Å². The molecule has 86 valence electrons. The Bertz CT molecular complexity index is 411. The fraction of sp³-hybridized carbons (Fsp3) is 0.500. The van der Waals surface area contributed by atoms with Gasteiger partial charge in [-0.05, 0) is 24.8 Å². The fourth-order valence-electron chi connectivity index (χ4n) is 1.74. The lowest BCUT2D eigenvalue weighted by Crippen LogP contribution is -2.04. The summed E-state index contributed by atoms with van der Waals surface area (Å²) in [6, 6.07) is 5.04. The molecular formula is C12H15NO3. The van der Waals surface area contributed by atoms with Gasteiger partial charge in [-0.25, -0.2) is 0 Å². The largest absolute Gasteiger partial charge is 0.490 e. The van der Waals surface area contributed by atoms with Gasteiger partial charge in [0, 0.05) is 6.07 Å². The number of nitro benzene ring substituents is 1. The van der Waals surface area contributed by atoms with Crippen LogP contribution in [-0.4, -0.2) is 11.0 Å². The Morgan fingerprint density at radius 1 is 1.44 bits per heavy atom. The van der Waals surface area contributed by atoms with E-state index in [1.807, 2.05) is 19.9 Å². The third-order valence-electron chi connectivity index (χ3n) is 2.64. The summed E-state index contributed by atoms with van der Waals surface area (Å²) < 4.78 is 5.70. The highest BCUT2D eigenvalue weighted by Gasteiger charge is 2.27. The quantitative estimate of drug-likeness (QED) is 0.579. The molecule has 0 atom stereocenters. The molecule has 4 nitrogen and oxygen atoms in total. The molecule has 0 radical (unpaired) electrons. The number of rotatable bonds is 4. The van der Waals surface area contributed by atoms with E-state index in [2.05, 4.69) is 0 Å². The molecule has 1 aromatic rings. The topological polar surface area (TPSA) is 52.4 Å². The molecule has 0 heterocycles. The van der Waals surface area contributed by atoms with Crippen LogP contribution in [0, 0.1) is 10.1 Å². The first-order chi connectivity index (χ1) is 7.59. The molecule has 4 heteroatoms. The smallest absolute Gasteiger partial charge is 0.276 e. The second-order valence-corrected chi connectivity index (χ2v) is 4.42. The minimum atomic E-state index is -0.338. The lowest BCUT2D eigenvalue weighted by atomic mass is 10.00. The third kappa shape index (κ3) is 2.15. The SMILES string of the molecule is CC(C)c1c(OC2CC2)cccc1[N+](=O)[O-]. The third-order valence-corrected chi connectivity index (χ3v) is 2.64. The van der Waals surface area contributed by atoms with E-state index in [9.17, 15) is 10.1 Å². The molecule has 0 spiro atoms. The summed E-state index contributed by atoms with van der Waals surface area (Å²) in [5.41, 5.74) is 0.868. The zero-order chi connectivity index (χ0) is 11.7. The molecule has 0 bridgehead atoms. The van der Waals surface area contributed by atoms with Gasteiger partial charge in [-0.15, -0.1) is 0 Å². The molecule has 1 saturated carbocycles. The number of benzene rings is 1. The zero-order valence-electron chi connectivity index (χ0n) is 9.47. The van der Waals surface area contributed by atoms with E-state index in [4.69, 9.17) is 4.74 Å². The molecule has 0 N–H and O–H groups in total. The lowest BCUT2D eigenvalue weighted by Gasteiger charge is -2.13. The second kappa shape index (κ2) is 4.12. The molecule has 0 unspecified atom stereocenters. The number of hydrogen-bond acceptors (Lipinski definition) is 3. The molecule has 0 amide bonds. The summed E-state index contributed by atoms with van der Waals surface area (Å²) in [5.74, 6) is 0.766. The van der Waals surface area contributed by atoms with Crippen LogP contribution in [0.4, 0.5) is 5.69 Å². The molecular weight excluding hydrogens is 206 g/mol. The van der Waals surface area contributed by atoms with Gasteiger partial charge in [0.15, 0.2) is 0 Å². The first kappa shape index (κ1) is 10.9. The van der Waals surface area contributed by atoms with Crippen molar-refractivity contribution in [3.05, 3.63) is 33.9 Å². The Balaban J connectivity index is 2.41. The van der Waals surface area contributed by atoms with Crippen molar-refractivity contribution in [1.82, 2.24) is 0 Å². The predicted molar refractivity (Wildman–Crippen MR) is 60.8 cm³/mol. The van der Waals surface area contributed by atoms with Gasteiger partial charge in [0.2, 0.25) is 0 Å². The van der Waals surface area contributed by atoms with Gasteiger partial charge in [0.25, 0.3) is 5.69 Å². The van der Waals surface area contributed by atoms with Gasteiger partial charge in [0.1, 0.15) is 5.75 Å². The average Bonchev–Trinajstić information content (AvgIpc) is 3.00. The minimum Gasteiger partial charge on any atom is -0.490 e. The molecule has 1 aliphatic rings. The van der Waals surface area contributed by atoms with E-state index in [1.165, 1.54) is 6.07 Å². The zero-order valence-corrected chi connectivity index (χ0v) is 9.47. The molecule has 1 aliphatic carbocycles. The molecule has 0 aromatic heterocycles. The average molecular weight is 221 g/mol. The Labute approximate surface area is 94.4 Å². The highest BCUT2D eigenvalue weighted by Crippen LogP contribution is 2.37. The number of ether oxygens (including phenoxy) is 1. The van der Waals surface area contributed by atoms with Crippen molar-refractivity contribution in [2.24, 2.45) is 0 Å². The van der Waals surface area contributed by atoms with Gasteiger partial charge < -0.3 is 4.74 Å². The predicted octanol–water partition coefficient (Wildman–Crippen LogP) is 3.26. The van der Waals surface area contributed by atoms with Gasteiger partial charge in [-0.1, -0.05) is 19.9 Å². The monoisotopic (exact) mass is 221 g/mol. The highest BCUT2D eigenvalue weighted by molar-refractivity contribution is 5.51. The van der Waals surface area contributed by atoms with E-state index in [-0.39, 0.29) is 22.6 Å². The molecule has 0 saturated heterocycles. The normalized spacial score (nSPS) is 15.2. The number of nitrogens with zero attached hydrogens (tertiary/aromatic N) is 1. The summed E-state index contributed by atoms with van der Waals surface area (Å²) in [5, 5.41) is 10.9. The molecule has 16 heavy (non-hydrogen) atoms. The van der Waals surface area contributed by atoms with Crippen LogP contribution in [-0.2, 0) is 0 Å². The summed E-state index contributed by atoms with van der Waals surface area (Å²) in [6.45, 7) is 3.89. The van der Waals surface area contributed by atoms with E-state index in [0.717, 1.165) is 12.8 Å². The van der Waals surface area contributed by atoms with Crippen molar-refractivity contribution < 1.29 is 9.66 Å². The first-order valence-electron chi connectivity index (χ1n) is 5.53. The molecule has 1 aromatic carbocycles. The van der Waals surface area contributed by atoms with Crippen LogP contribution < -0.4 is 4.74 Å². The van der Waals surface area contributed by atoms with Gasteiger partial charge in [0.05, 0.1) is 16.6 Å². The molecule has 2 rings (SSSR count). The van der Waals surface area contributed by atoms with Gasteiger partial charge in [-0.2, -0.15) is 0 Å². The summed E-state index contributed by atoms with van der Waals surface area (Å²) >= 11 is 0. The highest BCUT2D eigenvalue weighted by atomic mass is 16.6. The van der Waals surface area contributed by atoms with E-state index >= 15 is 0 Å². The van der Waals surface area contributed by atoms with Crippen molar-refractivity contribution in [2.45, 2.75) is 38.7 Å². The number of hydrogen-bond donors (Lipinski definition) is 0. The summed E-state index contributed by atoms with van der Waals surface area (Å²) in [4.78, 5) is 10.6. The van der Waals surface area contributed by atoms with Gasteiger partial charge >= 0.3 is 0 Å². The van der Waals surface area contributed by atoms with Crippen molar-refractivity contribution >= 4 is 5.69 Å². The molecule has 0 aliphatic heterocycles. The van der Waals surface area contributed by atoms with E-state index in [1.54, 1.807) is 6.07 Å². The summed E-state index contributed by atoms with van der Waals surface area (Å²) in [7, 11) is 0. The maximum Gasteiger partial charge on any atom is 0.276 e. The molecule has 1 fully saturated rings. The Hall–Kier alpha value is -1.58. The van der Waals surface area contributed by atoms with Crippen LogP contribution in [0.15, 0.2) is 18.2 Å². The lowest BCUT2D eigenvalue weighted by molar-refractivity contribution is -0.385. The minimum absolute atomic E-state index is 0.0929. The van der Waals surface area contributed by atoms with Crippen LogP contribution in [0.1, 0.15) is 38.2 Å². The van der Waals surface area contributed by atoms with Crippen LogP contribution in [0.5, 0.6) is 5.75 Å². The Morgan fingerprint density at radius 2 is 2.12 bits per heavy atom. The van der Waals surface area contributed by atoms with Crippen molar-refractivity contribution in [2.75, 3.05) is 0 Å². The summed E-state index contributed by atoms with van der Waals surface area (Å²) in [6.07, 6.45) is 2.37.